The minimum absolute atomic E-state index is 0.282. The molecule has 12 heterocycles. The third-order valence-corrected chi connectivity index (χ3v) is 8.34. The molecule has 0 atom stereocenters. The van der Waals surface area contributed by atoms with E-state index in [1.165, 1.54) is 78.8 Å². The van der Waals surface area contributed by atoms with E-state index in [2.05, 4.69) is 351 Å². The fraction of sp³-hybridized carbons (Fsp3) is 0.638. The Labute approximate surface area is 643 Å². The highest BCUT2D eigenvalue weighted by molar-refractivity contribution is 7.05. The summed E-state index contributed by atoms with van der Waals surface area (Å²) >= 11 is 5.08. The van der Waals surface area contributed by atoms with Gasteiger partial charge in [-0.05, 0) is 105 Å². The van der Waals surface area contributed by atoms with Gasteiger partial charge in [0.2, 0.25) is 0 Å². The molecule has 0 radical (unpaired) electrons. The van der Waals surface area contributed by atoms with Gasteiger partial charge in [-0.3, -0.25) is 5.10 Å². The molecule has 596 valence electrons. The number of nitrogens with one attached hydrogen (secondary N) is 1. The van der Waals surface area contributed by atoms with Crippen LogP contribution in [0, 0.1) is 47.3 Å². The summed E-state index contributed by atoms with van der Waals surface area (Å²) in [6, 6.07) is 7.21. The standard InChI is InChI=1S/C5H8N2O.C5H8N2S.C4H7N3O.C4H7N3S.C4H4N2.8C4H10.C3H4N2.2C3H3NO.C2H2N2O.C2H2N2S.CHN3O.CHN3S/c2*1-4(2)5-3-6-8-7-5;2*1-3(2)4-5-6-7-8-4;1-2-4-6-5-3-1;8*1-4(2)3;1-2-4-5-3-1;1-2-5-3-4-1;1-2-4-5-3-1;2*1-2-5-4-3-1;2*1-2-4-5-3-1/h2*3-4H,1-2H3;2*3H,1-2H3;1-4H;8*4H,1-3H3;1-3H,(H,4,5);2*1-3H;2*1-2H;2*1H. The van der Waals surface area contributed by atoms with Gasteiger partial charge in [0.25, 0.3) is 5.89 Å². The topological polar surface area (TPSA) is 417 Å². The van der Waals surface area contributed by atoms with Crippen LogP contribution in [0.15, 0.2) is 157 Å². The number of nitrogens with zero attached hydrogens (tertiary/aromatic N) is 25. The molecule has 0 amide bonds. The number of hydrogen-bond donors (Lipinski definition) is 1. The summed E-state index contributed by atoms with van der Waals surface area (Å²) < 4.78 is 48.0. The number of aromatic amines is 1. The smallest absolute Gasteiger partial charge is 0.250 e. The van der Waals surface area contributed by atoms with Crippen LogP contribution in [0.1, 0.15) is 268 Å². The average Bonchev–Trinajstić information content (AvgIpc) is 2.45. The highest BCUT2D eigenvalue weighted by Gasteiger charge is 2.04. The van der Waals surface area contributed by atoms with Crippen LogP contribution in [-0.2, 0) is 0 Å². The second-order valence-corrected chi connectivity index (χ2v) is 29.3. The molecule has 0 aliphatic rings. The van der Waals surface area contributed by atoms with Crippen LogP contribution >= 0.6 is 46.5 Å². The molecule has 0 fully saturated rings. The molecular weight excluding hydrogens is 1420 g/mol. The van der Waals surface area contributed by atoms with Crippen LogP contribution in [0.25, 0.3) is 0 Å². The minimum Gasteiger partial charge on any atom is -0.452 e. The van der Waals surface area contributed by atoms with Crippen LogP contribution in [0.5, 0.6) is 0 Å². The molecule has 1 N–H and O–H groups in total. The van der Waals surface area contributed by atoms with E-state index in [1.807, 2.05) is 57.5 Å². The molecular formula is C69H130N26O6S4. The summed E-state index contributed by atoms with van der Waals surface area (Å²) in [7, 11) is 0. The Morgan fingerprint density at radius 3 is 1.12 bits per heavy atom. The maximum atomic E-state index is 4.62. The van der Waals surface area contributed by atoms with Crippen molar-refractivity contribution in [3.63, 3.8) is 0 Å². The zero-order valence-electron chi connectivity index (χ0n) is 68.8. The fourth-order valence-electron chi connectivity index (χ4n) is 2.88. The Morgan fingerprint density at radius 2 is 0.971 bits per heavy atom. The molecule has 0 bridgehead atoms. The van der Waals surface area contributed by atoms with Crippen molar-refractivity contribution < 1.29 is 27.2 Å². The summed E-state index contributed by atoms with van der Waals surface area (Å²) in [5, 5.41) is 66.4. The van der Waals surface area contributed by atoms with Gasteiger partial charge in [-0.1, -0.05) is 261 Å². The van der Waals surface area contributed by atoms with Gasteiger partial charge in [-0.15, -0.1) is 20.4 Å². The van der Waals surface area contributed by atoms with Crippen molar-refractivity contribution in [2.24, 2.45) is 47.3 Å². The number of H-pyrrole nitrogens is 1. The van der Waals surface area contributed by atoms with E-state index in [4.69, 9.17) is 0 Å². The largest absolute Gasteiger partial charge is 0.452 e. The van der Waals surface area contributed by atoms with E-state index in [-0.39, 0.29) is 5.92 Å². The highest BCUT2D eigenvalue weighted by Crippen LogP contribution is 2.12. The molecule has 105 heavy (non-hydrogen) atoms. The Bertz CT molecular complexity index is 2370. The molecule has 0 saturated carbocycles. The molecule has 0 aliphatic heterocycles. The Kier molecular flexibility index (Phi) is 97.5. The number of hydrogen-bond acceptors (Lipinski definition) is 35. The molecule has 0 saturated heterocycles. The van der Waals surface area contributed by atoms with Crippen LogP contribution in [0.4, 0.5) is 0 Å². The van der Waals surface area contributed by atoms with E-state index < -0.39 is 0 Å². The lowest BCUT2D eigenvalue weighted by molar-refractivity contribution is 0.292. The number of aromatic nitrogens is 26. The molecule has 0 unspecified atom stereocenters. The monoisotopic (exact) mass is 1550 g/mol. The predicted molar refractivity (Wildman–Crippen MR) is 422 cm³/mol. The van der Waals surface area contributed by atoms with Gasteiger partial charge in [0.15, 0.2) is 19.0 Å². The Morgan fingerprint density at radius 1 is 0.390 bits per heavy atom. The second kappa shape index (κ2) is 91.3. The Balaban J connectivity index is -0.000000158. The van der Waals surface area contributed by atoms with Crippen molar-refractivity contribution in [2.45, 2.75) is 245 Å². The molecule has 0 aromatic carbocycles. The lowest BCUT2D eigenvalue weighted by Gasteiger charge is -1.92. The summed E-state index contributed by atoms with van der Waals surface area (Å²) in [6.07, 6.45) is 24.9. The highest BCUT2D eigenvalue weighted by atomic mass is 32.1. The van der Waals surface area contributed by atoms with Gasteiger partial charge in [0.1, 0.15) is 29.5 Å². The second-order valence-electron chi connectivity index (χ2n) is 26.8. The molecule has 32 nitrogen and oxygen atoms in total. The van der Waals surface area contributed by atoms with E-state index in [0.717, 1.165) is 75.5 Å². The normalized spacial score (nSPS) is 9.03. The minimum atomic E-state index is 0.282. The first-order chi connectivity index (χ1) is 49.6. The first kappa shape index (κ1) is 112. The lowest BCUT2D eigenvalue weighted by Crippen LogP contribution is -1.85. The van der Waals surface area contributed by atoms with Crippen LogP contribution < -0.4 is 0 Å². The maximum absolute atomic E-state index is 4.62. The molecule has 12 aromatic rings. The van der Waals surface area contributed by atoms with Crippen molar-refractivity contribution in [1.29, 1.82) is 0 Å². The van der Waals surface area contributed by atoms with Crippen LogP contribution in [0.3, 0.4) is 0 Å². The summed E-state index contributed by atoms with van der Waals surface area (Å²) in [5.74, 6) is 8.94. The van der Waals surface area contributed by atoms with Crippen molar-refractivity contribution in [1.82, 2.24) is 129 Å². The number of rotatable bonds is 4. The van der Waals surface area contributed by atoms with Gasteiger partial charge in [-0.25, -0.2) is 14.2 Å². The van der Waals surface area contributed by atoms with Crippen molar-refractivity contribution in [3.8, 4) is 0 Å². The van der Waals surface area contributed by atoms with Crippen molar-refractivity contribution >= 4 is 46.5 Å². The Hall–Kier alpha value is -8.77. The quantitative estimate of drug-likeness (QED) is 0.171. The van der Waals surface area contributed by atoms with Crippen LogP contribution in [-0.4, -0.2) is 129 Å². The third-order valence-electron chi connectivity index (χ3n) is 6.16. The van der Waals surface area contributed by atoms with Gasteiger partial charge in [-0.2, -0.15) is 28.4 Å². The zero-order valence-corrected chi connectivity index (χ0v) is 72.1. The van der Waals surface area contributed by atoms with Crippen LogP contribution in [0.2, 0.25) is 0 Å². The van der Waals surface area contributed by atoms with Gasteiger partial charge in [0, 0.05) is 64.7 Å². The average molecular weight is 1550 g/mol. The molecule has 12 rings (SSSR count). The summed E-state index contributed by atoms with van der Waals surface area (Å²) in [4.78, 5) is 3.56. The summed E-state index contributed by atoms with van der Waals surface area (Å²) in [6.45, 7) is 68.4. The van der Waals surface area contributed by atoms with E-state index in [9.17, 15) is 0 Å². The summed E-state index contributed by atoms with van der Waals surface area (Å²) in [5.41, 5.74) is 2.00. The maximum Gasteiger partial charge on any atom is 0.250 e. The SMILES string of the molecule is CC(C)C.CC(C)C.CC(C)C.CC(C)C.CC(C)C.CC(C)C.CC(C)C.CC(C)C.CC(C)c1cnon1.CC(C)c1cnsn1.CC(C)c1nnno1.CC(C)c1nnns1.c1ccnnc1.c1cn[nH]c1.c1cnoc1.c1cocn1.c1conn1.c1csnn1.c1nnon1.c1nnsn1. The van der Waals surface area contributed by atoms with E-state index >= 15 is 0 Å². The number of oxazole rings is 1. The molecule has 0 spiro atoms. The van der Waals surface area contributed by atoms with Gasteiger partial charge < -0.3 is 18.0 Å². The van der Waals surface area contributed by atoms with E-state index in [0.29, 0.717) is 23.6 Å². The van der Waals surface area contributed by atoms with Gasteiger partial charge in [0.05, 0.1) is 76.9 Å². The van der Waals surface area contributed by atoms with Gasteiger partial charge >= 0.3 is 0 Å². The molecule has 36 heteroatoms. The molecule has 12 aromatic heterocycles. The van der Waals surface area contributed by atoms with Crippen molar-refractivity contribution in [3.05, 3.63) is 152 Å². The first-order valence-electron chi connectivity index (χ1n) is 34.3. The zero-order chi connectivity index (χ0) is 81.5. The van der Waals surface area contributed by atoms with Crippen molar-refractivity contribution in [2.75, 3.05) is 0 Å². The fourth-order valence-corrected chi connectivity index (χ4v) is 4.36. The predicted octanol–water partition coefficient (Wildman–Crippen LogP) is 20.0. The molecule has 0 aliphatic carbocycles. The lowest BCUT2D eigenvalue weighted by atomic mass is 10.2. The van der Waals surface area contributed by atoms with E-state index in [1.54, 1.807) is 55.6 Å². The first-order valence-corrected chi connectivity index (χ1v) is 37.4. The third kappa shape index (κ3) is 142.